The minimum atomic E-state index is -2.83. The minimum Gasteiger partial charge on any atom is -0.344 e. The second kappa shape index (κ2) is 7.84. The van der Waals surface area contributed by atoms with Gasteiger partial charge in [-0.2, -0.15) is 0 Å². The van der Waals surface area contributed by atoms with Crippen LogP contribution in [0.3, 0.4) is 0 Å². The zero-order valence-electron chi connectivity index (χ0n) is 12.4. The fourth-order valence-corrected chi connectivity index (χ4v) is 5.59. The summed E-state index contributed by atoms with van der Waals surface area (Å²) in [7, 11) is -2.83. The van der Waals surface area contributed by atoms with E-state index in [9.17, 15) is 9.46 Å². The monoisotopic (exact) mass is 286 g/mol. The summed E-state index contributed by atoms with van der Waals surface area (Å²) in [5, 5.41) is 0. The first-order valence-corrected chi connectivity index (χ1v) is 10.5. The van der Waals surface area contributed by atoms with Crippen LogP contribution in [0.15, 0.2) is 0 Å². The van der Waals surface area contributed by atoms with Crippen LogP contribution in [0.5, 0.6) is 0 Å². The van der Waals surface area contributed by atoms with Gasteiger partial charge in [0.25, 0.3) is 0 Å². The Morgan fingerprint density at radius 2 is 1.11 bits per heavy atom. The number of hydrogen-bond donors (Lipinski definition) is 1. The summed E-state index contributed by atoms with van der Waals surface area (Å²) < 4.78 is 12.3. The molecular formula is C16H31O2P. The molecule has 0 aromatic heterocycles. The van der Waals surface area contributed by atoms with Crippen molar-refractivity contribution in [3.05, 3.63) is 0 Å². The molecule has 0 aromatic rings. The van der Waals surface area contributed by atoms with Crippen molar-refractivity contribution in [2.24, 2.45) is 11.8 Å². The van der Waals surface area contributed by atoms with E-state index in [0.29, 0.717) is 12.3 Å². The predicted molar refractivity (Wildman–Crippen MR) is 81.9 cm³/mol. The third-order valence-corrected chi connectivity index (χ3v) is 7.14. The standard InChI is InChI=1S/C16H31O2P/c17-19(18,13-11-15-7-3-1-4-8-15)14-12-16-9-5-2-6-10-16/h15-16H,1-14H2,(H,17,18). The van der Waals surface area contributed by atoms with E-state index in [1.807, 2.05) is 0 Å². The second-order valence-electron chi connectivity index (χ2n) is 6.88. The molecule has 2 saturated carbocycles. The Hall–Kier alpha value is 0.190. The number of hydrogen-bond acceptors (Lipinski definition) is 1. The highest BCUT2D eigenvalue weighted by Gasteiger charge is 2.24. The molecule has 2 fully saturated rings. The zero-order chi connectivity index (χ0) is 13.6. The van der Waals surface area contributed by atoms with Crippen LogP contribution in [0.1, 0.15) is 77.0 Å². The molecule has 0 aliphatic heterocycles. The molecule has 1 N–H and O–H groups in total. The van der Waals surface area contributed by atoms with E-state index in [2.05, 4.69) is 0 Å². The molecule has 2 aliphatic carbocycles. The summed E-state index contributed by atoms with van der Waals surface area (Å²) in [6.45, 7) is 0. The van der Waals surface area contributed by atoms with Gasteiger partial charge in [-0.1, -0.05) is 64.2 Å². The maximum atomic E-state index is 12.3. The molecule has 19 heavy (non-hydrogen) atoms. The molecule has 0 heterocycles. The zero-order valence-corrected chi connectivity index (χ0v) is 13.3. The average Bonchev–Trinajstić information content (AvgIpc) is 2.46. The first-order valence-electron chi connectivity index (χ1n) is 8.46. The highest BCUT2D eigenvalue weighted by atomic mass is 31.2. The first-order chi connectivity index (χ1) is 9.16. The van der Waals surface area contributed by atoms with Crippen LogP contribution in [-0.4, -0.2) is 17.2 Å². The molecule has 0 radical (unpaired) electrons. The number of rotatable bonds is 6. The molecule has 2 aliphatic rings. The lowest BCUT2D eigenvalue weighted by atomic mass is 9.87. The molecule has 0 atom stereocenters. The van der Waals surface area contributed by atoms with Gasteiger partial charge in [0, 0.05) is 12.3 Å². The Labute approximate surface area is 118 Å². The van der Waals surface area contributed by atoms with Crippen LogP contribution in [0.2, 0.25) is 0 Å². The van der Waals surface area contributed by atoms with Crippen LogP contribution in [0.4, 0.5) is 0 Å². The van der Waals surface area contributed by atoms with Crippen molar-refractivity contribution < 1.29 is 9.46 Å². The summed E-state index contributed by atoms with van der Waals surface area (Å²) in [6, 6.07) is 0. The Morgan fingerprint density at radius 1 is 0.737 bits per heavy atom. The van der Waals surface area contributed by atoms with Gasteiger partial charge in [0.2, 0.25) is 7.37 Å². The van der Waals surface area contributed by atoms with Gasteiger partial charge in [-0.3, -0.25) is 4.57 Å². The van der Waals surface area contributed by atoms with Crippen molar-refractivity contribution in [3.8, 4) is 0 Å². The molecule has 0 spiro atoms. The summed E-state index contributed by atoms with van der Waals surface area (Å²) in [4.78, 5) is 10.1. The van der Waals surface area contributed by atoms with Gasteiger partial charge < -0.3 is 4.89 Å². The normalized spacial score (nSPS) is 23.6. The predicted octanol–water partition coefficient (Wildman–Crippen LogP) is 5.20. The highest BCUT2D eigenvalue weighted by molar-refractivity contribution is 7.57. The van der Waals surface area contributed by atoms with E-state index in [1.165, 1.54) is 64.2 Å². The van der Waals surface area contributed by atoms with E-state index < -0.39 is 7.37 Å². The molecule has 112 valence electrons. The van der Waals surface area contributed by atoms with Gasteiger partial charge in [-0.05, 0) is 24.7 Å². The highest BCUT2D eigenvalue weighted by Crippen LogP contribution is 2.45. The SMILES string of the molecule is O=P(O)(CCC1CCCCC1)CCC1CCCCC1. The molecule has 2 rings (SSSR count). The third-order valence-electron chi connectivity index (χ3n) is 5.22. The molecule has 2 nitrogen and oxygen atoms in total. The lowest BCUT2D eigenvalue weighted by Gasteiger charge is -2.24. The summed E-state index contributed by atoms with van der Waals surface area (Å²) >= 11 is 0. The van der Waals surface area contributed by atoms with Gasteiger partial charge in [-0.25, -0.2) is 0 Å². The van der Waals surface area contributed by atoms with E-state index >= 15 is 0 Å². The Kier molecular flexibility index (Phi) is 6.42. The van der Waals surface area contributed by atoms with Gasteiger partial charge in [0.15, 0.2) is 0 Å². The third kappa shape index (κ3) is 6.00. The summed E-state index contributed by atoms with van der Waals surface area (Å²) in [5.41, 5.74) is 0. The van der Waals surface area contributed by atoms with Crippen LogP contribution in [-0.2, 0) is 4.57 Å². The van der Waals surface area contributed by atoms with Crippen molar-refractivity contribution in [2.75, 3.05) is 12.3 Å². The van der Waals surface area contributed by atoms with Gasteiger partial charge >= 0.3 is 0 Å². The Morgan fingerprint density at radius 3 is 1.47 bits per heavy atom. The first kappa shape index (κ1) is 15.6. The molecule has 0 bridgehead atoms. The summed E-state index contributed by atoms with van der Waals surface area (Å²) in [6.07, 6.45) is 16.4. The lowest BCUT2D eigenvalue weighted by molar-refractivity contribution is 0.339. The van der Waals surface area contributed by atoms with Crippen LogP contribution < -0.4 is 0 Å². The maximum Gasteiger partial charge on any atom is 0.200 e. The van der Waals surface area contributed by atoms with Crippen molar-refractivity contribution in [2.45, 2.75) is 77.0 Å². The second-order valence-corrected chi connectivity index (χ2v) is 9.47. The maximum absolute atomic E-state index is 12.3. The van der Waals surface area contributed by atoms with Crippen LogP contribution in [0.25, 0.3) is 0 Å². The van der Waals surface area contributed by atoms with Crippen molar-refractivity contribution in [1.29, 1.82) is 0 Å². The van der Waals surface area contributed by atoms with Crippen LogP contribution in [0, 0.1) is 11.8 Å². The molecule has 0 amide bonds. The Bertz CT molecular complexity index is 265. The van der Waals surface area contributed by atoms with E-state index in [0.717, 1.165) is 24.7 Å². The van der Waals surface area contributed by atoms with Gasteiger partial charge in [-0.15, -0.1) is 0 Å². The van der Waals surface area contributed by atoms with Crippen molar-refractivity contribution in [3.63, 3.8) is 0 Å². The average molecular weight is 286 g/mol. The molecule has 0 saturated heterocycles. The molecule has 3 heteroatoms. The van der Waals surface area contributed by atoms with E-state index in [1.54, 1.807) is 0 Å². The van der Waals surface area contributed by atoms with Crippen LogP contribution >= 0.6 is 7.37 Å². The van der Waals surface area contributed by atoms with E-state index in [-0.39, 0.29) is 0 Å². The van der Waals surface area contributed by atoms with Gasteiger partial charge in [0.05, 0.1) is 0 Å². The molecule has 0 aromatic carbocycles. The molecular weight excluding hydrogens is 255 g/mol. The topological polar surface area (TPSA) is 37.3 Å². The van der Waals surface area contributed by atoms with Crippen molar-refractivity contribution >= 4 is 7.37 Å². The minimum absolute atomic E-state index is 0.588. The Balaban J connectivity index is 1.64. The molecule has 0 unspecified atom stereocenters. The lowest BCUT2D eigenvalue weighted by Crippen LogP contribution is -2.11. The largest absolute Gasteiger partial charge is 0.344 e. The summed E-state index contributed by atoms with van der Waals surface area (Å²) in [5.74, 6) is 1.48. The fourth-order valence-electron chi connectivity index (χ4n) is 3.83. The van der Waals surface area contributed by atoms with Gasteiger partial charge in [0.1, 0.15) is 0 Å². The smallest absolute Gasteiger partial charge is 0.200 e. The van der Waals surface area contributed by atoms with E-state index in [4.69, 9.17) is 0 Å². The van der Waals surface area contributed by atoms with Crippen molar-refractivity contribution in [1.82, 2.24) is 0 Å². The quantitative estimate of drug-likeness (QED) is 0.682. The fraction of sp³-hybridized carbons (Fsp3) is 1.00.